The molecule has 6 nitrogen and oxygen atoms in total. The van der Waals surface area contributed by atoms with E-state index in [1.807, 2.05) is 20.8 Å². The Morgan fingerprint density at radius 1 is 1.21 bits per heavy atom. The number of carbonyl (C=O) groups is 1. The normalized spacial score (nSPS) is 12.6. The van der Waals surface area contributed by atoms with Crippen LogP contribution in [0.3, 0.4) is 0 Å². The summed E-state index contributed by atoms with van der Waals surface area (Å²) in [6.45, 7) is 5.69. The first kappa shape index (κ1) is 21.2. The number of aliphatic imine (C=N–C) groups is 1. The molecule has 1 amide bonds. The summed E-state index contributed by atoms with van der Waals surface area (Å²) in [6, 6.07) is 12.2. The van der Waals surface area contributed by atoms with Crippen LogP contribution < -0.4 is 16.0 Å². The van der Waals surface area contributed by atoms with E-state index in [4.69, 9.17) is 16.9 Å². The molecule has 2 rings (SSSR count). The van der Waals surface area contributed by atoms with Gasteiger partial charge in [0.15, 0.2) is 6.19 Å². The van der Waals surface area contributed by atoms with Gasteiger partial charge in [-0.2, -0.15) is 5.26 Å². The molecular weight excluding hydrogens is 381 g/mol. The number of anilines is 1. The van der Waals surface area contributed by atoms with Crippen molar-refractivity contribution >= 4 is 29.2 Å². The van der Waals surface area contributed by atoms with Crippen LogP contribution in [0, 0.1) is 22.7 Å². The van der Waals surface area contributed by atoms with Gasteiger partial charge in [0, 0.05) is 21.7 Å². The van der Waals surface area contributed by atoms with Gasteiger partial charge >= 0.3 is 0 Å². The fourth-order valence-corrected chi connectivity index (χ4v) is 2.36. The summed E-state index contributed by atoms with van der Waals surface area (Å²) in [5, 5.41) is 17.7. The summed E-state index contributed by atoms with van der Waals surface area (Å²) >= 11 is 5.86. The van der Waals surface area contributed by atoms with Gasteiger partial charge in [0.2, 0.25) is 5.96 Å². The molecule has 0 saturated heterocycles. The Morgan fingerprint density at radius 3 is 2.46 bits per heavy atom. The van der Waals surface area contributed by atoms with Crippen molar-refractivity contribution in [2.45, 2.75) is 26.9 Å². The fraction of sp³-hybridized carbons (Fsp3) is 0.250. The number of nitriles is 1. The first-order valence-electron chi connectivity index (χ1n) is 8.51. The SMILES string of the molecule is CC(C)(C)C(N=C(NC#N)Nc1cccc(F)c1)NC(=O)c1ccc(Cl)cc1. The molecule has 0 fully saturated rings. The van der Waals surface area contributed by atoms with E-state index in [0.717, 1.165) is 0 Å². The zero-order valence-electron chi connectivity index (χ0n) is 15.8. The van der Waals surface area contributed by atoms with Crippen LogP contribution in [0.4, 0.5) is 10.1 Å². The van der Waals surface area contributed by atoms with Crippen LogP contribution in [0.5, 0.6) is 0 Å². The number of rotatable bonds is 4. The first-order valence-corrected chi connectivity index (χ1v) is 8.89. The van der Waals surface area contributed by atoms with Crippen LogP contribution >= 0.6 is 11.6 Å². The average molecular weight is 402 g/mol. The van der Waals surface area contributed by atoms with Gasteiger partial charge < -0.3 is 10.6 Å². The van der Waals surface area contributed by atoms with Gasteiger partial charge in [-0.05, 0) is 42.5 Å². The van der Waals surface area contributed by atoms with E-state index < -0.39 is 17.4 Å². The maximum Gasteiger partial charge on any atom is 0.252 e. The van der Waals surface area contributed by atoms with E-state index in [0.29, 0.717) is 16.3 Å². The van der Waals surface area contributed by atoms with Crippen molar-refractivity contribution in [3.63, 3.8) is 0 Å². The Morgan fingerprint density at radius 2 is 1.89 bits per heavy atom. The summed E-state index contributed by atoms with van der Waals surface area (Å²) in [7, 11) is 0. The monoisotopic (exact) mass is 401 g/mol. The highest BCUT2D eigenvalue weighted by atomic mass is 35.5. The van der Waals surface area contributed by atoms with Gasteiger partial charge in [0.1, 0.15) is 12.0 Å². The van der Waals surface area contributed by atoms with Crippen LogP contribution in [-0.4, -0.2) is 18.0 Å². The molecule has 28 heavy (non-hydrogen) atoms. The molecule has 146 valence electrons. The van der Waals surface area contributed by atoms with E-state index in [1.165, 1.54) is 18.2 Å². The smallest absolute Gasteiger partial charge is 0.252 e. The predicted octanol–water partition coefficient (Wildman–Crippen LogP) is 4.12. The van der Waals surface area contributed by atoms with Crippen LogP contribution in [0.1, 0.15) is 31.1 Å². The van der Waals surface area contributed by atoms with E-state index in [1.54, 1.807) is 36.5 Å². The van der Waals surface area contributed by atoms with Crippen LogP contribution in [-0.2, 0) is 0 Å². The number of carbonyl (C=O) groups excluding carboxylic acids is 1. The lowest BCUT2D eigenvalue weighted by atomic mass is 9.92. The zero-order valence-corrected chi connectivity index (χ0v) is 16.5. The maximum atomic E-state index is 13.4. The van der Waals surface area contributed by atoms with Gasteiger partial charge in [-0.3, -0.25) is 10.1 Å². The van der Waals surface area contributed by atoms with E-state index in [-0.39, 0.29) is 11.9 Å². The third kappa shape index (κ3) is 6.25. The largest absolute Gasteiger partial charge is 0.330 e. The Labute approximate surface area is 168 Å². The highest BCUT2D eigenvalue weighted by Crippen LogP contribution is 2.21. The number of hydrogen-bond donors (Lipinski definition) is 3. The summed E-state index contributed by atoms with van der Waals surface area (Å²) < 4.78 is 13.4. The first-order chi connectivity index (χ1) is 13.2. The predicted molar refractivity (Wildman–Crippen MR) is 108 cm³/mol. The third-order valence-corrected chi connectivity index (χ3v) is 3.97. The number of hydrogen-bond acceptors (Lipinski definition) is 3. The van der Waals surface area contributed by atoms with E-state index in [9.17, 15) is 9.18 Å². The highest BCUT2D eigenvalue weighted by molar-refractivity contribution is 6.30. The molecular formula is C20H21ClFN5O. The minimum Gasteiger partial charge on any atom is -0.330 e. The Balaban J connectivity index is 2.27. The molecule has 0 bridgehead atoms. The van der Waals surface area contributed by atoms with Crippen molar-refractivity contribution in [3.8, 4) is 6.19 Å². The van der Waals surface area contributed by atoms with Gasteiger partial charge in [-0.25, -0.2) is 9.38 Å². The van der Waals surface area contributed by atoms with Crippen molar-refractivity contribution in [3.05, 3.63) is 64.9 Å². The zero-order chi connectivity index (χ0) is 20.7. The lowest BCUT2D eigenvalue weighted by Crippen LogP contribution is -2.44. The summed E-state index contributed by atoms with van der Waals surface area (Å²) in [6.07, 6.45) is 1.11. The molecule has 0 aliphatic carbocycles. The Bertz CT molecular complexity index is 900. The van der Waals surface area contributed by atoms with Crippen LogP contribution in [0.2, 0.25) is 5.02 Å². The molecule has 2 aromatic rings. The second-order valence-electron chi connectivity index (χ2n) is 7.10. The van der Waals surface area contributed by atoms with Gasteiger partial charge in [0.05, 0.1) is 0 Å². The van der Waals surface area contributed by atoms with Gasteiger partial charge in [0.25, 0.3) is 5.91 Å². The number of guanidine groups is 1. The molecule has 0 radical (unpaired) electrons. The van der Waals surface area contributed by atoms with Crippen molar-refractivity contribution in [1.82, 2.24) is 10.6 Å². The fourth-order valence-electron chi connectivity index (χ4n) is 2.23. The summed E-state index contributed by atoms with van der Waals surface area (Å²) in [5.74, 6) is -0.670. The van der Waals surface area contributed by atoms with Crippen molar-refractivity contribution in [2.24, 2.45) is 10.4 Å². The van der Waals surface area contributed by atoms with Crippen LogP contribution in [0.25, 0.3) is 0 Å². The molecule has 8 heteroatoms. The molecule has 0 aliphatic heterocycles. The van der Waals surface area contributed by atoms with Crippen molar-refractivity contribution in [1.29, 1.82) is 5.26 Å². The number of amides is 1. The second kappa shape index (κ2) is 9.20. The summed E-state index contributed by atoms with van der Waals surface area (Å²) in [4.78, 5) is 17.0. The summed E-state index contributed by atoms with van der Waals surface area (Å²) in [5.41, 5.74) is 0.383. The quantitative estimate of drug-likeness (QED) is 0.311. The van der Waals surface area contributed by atoms with Gasteiger partial charge in [-0.15, -0.1) is 0 Å². The number of benzene rings is 2. The lowest BCUT2D eigenvalue weighted by molar-refractivity contribution is 0.0906. The van der Waals surface area contributed by atoms with Gasteiger partial charge in [-0.1, -0.05) is 38.4 Å². The average Bonchev–Trinajstić information content (AvgIpc) is 2.61. The lowest BCUT2D eigenvalue weighted by Gasteiger charge is -2.29. The molecule has 1 atom stereocenters. The minimum atomic E-state index is -0.674. The molecule has 2 aromatic carbocycles. The molecule has 1 unspecified atom stereocenters. The topological polar surface area (TPSA) is 89.3 Å². The molecule has 3 N–H and O–H groups in total. The molecule has 0 heterocycles. The van der Waals surface area contributed by atoms with Crippen LogP contribution in [0.15, 0.2) is 53.5 Å². The Kier molecular flexibility index (Phi) is 6.96. The number of nitrogens with one attached hydrogen (secondary N) is 3. The third-order valence-electron chi connectivity index (χ3n) is 3.71. The molecule has 0 saturated carbocycles. The number of nitrogens with zero attached hydrogens (tertiary/aromatic N) is 2. The number of halogens is 2. The minimum absolute atomic E-state index is 0.0874. The highest BCUT2D eigenvalue weighted by Gasteiger charge is 2.27. The second-order valence-corrected chi connectivity index (χ2v) is 7.54. The van der Waals surface area contributed by atoms with E-state index in [2.05, 4.69) is 20.9 Å². The molecule has 0 spiro atoms. The van der Waals surface area contributed by atoms with E-state index >= 15 is 0 Å². The van der Waals surface area contributed by atoms with Crippen molar-refractivity contribution in [2.75, 3.05) is 5.32 Å². The standard InChI is InChI=1S/C20H21ClFN5O/c1-20(2,3)18(26-17(28)13-7-9-14(21)10-8-13)27-19(24-12-23)25-16-6-4-5-15(22)11-16/h4-11,18H,1-3H3,(H,26,28)(H2,24,25,27). The van der Waals surface area contributed by atoms with Crippen molar-refractivity contribution < 1.29 is 9.18 Å². The maximum absolute atomic E-state index is 13.4. The molecule has 0 aliphatic rings. The Hall–Kier alpha value is -3.11. The molecule has 0 aromatic heterocycles.